The predicted molar refractivity (Wildman–Crippen MR) is 40.3 cm³/mol. The molecule has 68 valence electrons. The number of aliphatic hydroxyl groups is 1. The molecule has 0 aliphatic carbocycles. The van der Waals surface area contributed by atoms with Crippen LogP contribution in [0.5, 0.6) is 0 Å². The van der Waals surface area contributed by atoms with Crippen molar-refractivity contribution in [3.8, 4) is 0 Å². The van der Waals surface area contributed by atoms with Gasteiger partial charge in [0, 0.05) is 0 Å². The van der Waals surface area contributed by atoms with Crippen molar-refractivity contribution in [2.24, 2.45) is 0 Å². The van der Waals surface area contributed by atoms with Gasteiger partial charge in [-0.2, -0.15) is 0 Å². The number of fused-ring (bicyclic) bond motifs is 1. The molecule has 1 saturated heterocycles. The zero-order valence-corrected chi connectivity index (χ0v) is 6.84. The topological polar surface area (TPSA) is 47.9 Å². The summed E-state index contributed by atoms with van der Waals surface area (Å²) in [5.41, 5.74) is 0. The standard InChI is InChI=1S/C8H12O4/c1-5-11-7-2-3-10-4-6(9)8(7)12-5/h2-3,5-9H,4H2,1H3. The Morgan fingerprint density at radius 1 is 1.42 bits per heavy atom. The van der Waals surface area contributed by atoms with E-state index >= 15 is 0 Å². The van der Waals surface area contributed by atoms with Gasteiger partial charge >= 0.3 is 0 Å². The Labute approximate surface area is 70.7 Å². The van der Waals surface area contributed by atoms with Crippen LogP contribution in [-0.4, -0.2) is 36.3 Å². The highest BCUT2D eigenvalue weighted by Crippen LogP contribution is 2.24. The van der Waals surface area contributed by atoms with Gasteiger partial charge in [0.2, 0.25) is 0 Å². The van der Waals surface area contributed by atoms with Crippen molar-refractivity contribution in [3.63, 3.8) is 0 Å². The van der Waals surface area contributed by atoms with Gasteiger partial charge in [0.05, 0.1) is 6.26 Å². The van der Waals surface area contributed by atoms with Gasteiger partial charge in [0.25, 0.3) is 0 Å². The molecular weight excluding hydrogens is 160 g/mol. The van der Waals surface area contributed by atoms with E-state index in [1.807, 2.05) is 6.92 Å². The lowest BCUT2D eigenvalue weighted by molar-refractivity contribution is -0.0789. The SMILES string of the molecule is CC1OC2C=COCC(O)C2O1. The van der Waals surface area contributed by atoms with Crippen LogP contribution in [0.2, 0.25) is 0 Å². The van der Waals surface area contributed by atoms with Gasteiger partial charge < -0.3 is 19.3 Å². The summed E-state index contributed by atoms with van der Waals surface area (Å²) >= 11 is 0. The fourth-order valence-electron chi connectivity index (χ4n) is 1.48. The van der Waals surface area contributed by atoms with E-state index in [0.29, 0.717) is 0 Å². The summed E-state index contributed by atoms with van der Waals surface area (Å²) in [5.74, 6) is 0. The normalized spacial score (nSPS) is 46.5. The molecular formula is C8H12O4. The fraction of sp³-hybridized carbons (Fsp3) is 0.750. The Kier molecular flexibility index (Phi) is 2.04. The van der Waals surface area contributed by atoms with Crippen molar-refractivity contribution in [2.45, 2.75) is 31.5 Å². The molecule has 2 aliphatic heterocycles. The summed E-state index contributed by atoms with van der Waals surface area (Å²) in [7, 11) is 0. The molecule has 12 heavy (non-hydrogen) atoms. The van der Waals surface area contributed by atoms with Gasteiger partial charge in [-0.25, -0.2) is 0 Å². The van der Waals surface area contributed by atoms with E-state index < -0.39 is 6.10 Å². The minimum atomic E-state index is -0.602. The molecule has 1 N–H and O–H groups in total. The third kappa shape index (κ3) is 1.33. The van der Waals surface area contributed by atoms with Crippen LogP contribution in [0.3, 0.4) is 0 Å². The molecule has 0 bridgehead atoms. The molecule has 4 atom stereocenters. The Balaban J connectivity index is 2.12. The molecule has 0 aromatic heterocycles. The van der Waals surface area contributed by atoms with Crippen LogP contribution in [-0.2, 0) is 14.2 Å². The zero-order valence-electron chi connectivity index (χ0n) is 6.84. The van der Waals surface area contributed by atoms with Crippen molar-refractivity contribution < 1.29 is 19.3 Å². The van der Waals surface area contributed by atoms with Crippen molar-refractivity contribution in [2.75, 3.05) is 6.61 Å². The van der Waals surface area contributed by atoms with Crippen molar-refractivity contribution in [3.05, 3.63) is 12.3 Å². The average molecular weight is 172 g/mol. The molecule has 2 heterocycles. The summed E-state index contributed by atoms with van der Waals surface area (Å²) < 4.78 is 15.7. The van der Waals surface area contributed by atoms with Crippen molar-refractivity contribution in [1.29, 1.82) is 0 Å². The number of hydrogen-bond acceptors (Lipinski definition) is 4. The maximum atomic E-state index is 9.51. The molecule has 4 nitrogen and oxygen atoms in total. The Morgan fingerprint density at radius 2 is 2.25 bits per heavy atom. The highest BCUT2D eigenvalue weighted by molar-refractivity contribution is 4.98. The van der Waals surface area contributed by atoms with E-state index in [2.05, 4.69) is 0 Å². The summed E-state index contributed by atoms with van der Waals surface area (Å²) in [5, 5.41) is 9.51. The van der Waals surface area contributed by atoms with E-state index in [-0.39, 0.29) is 25.1 Å². The first-order valence-electron chi connectivity index (χ1n) is 4.04. The summed E-state index contributed by atoms with van der Waals surface area (Å²) in [4.78, 5) is 0. The van der Waals surface area contributed by atoms with Gasteiger partial charge in [-0.05, 0) is 13.0 Å². The first-order valence-corrected chi connectivity index (χ1v) is 4.04. The quantitative estimate of drug-likeness (QED) is 0.559. The third-order valence-electron chi connectivity index (χ3n) is 2.03. The van der Waals surface area contributed by atoms with E-state index in [1.54, 1.807) is 12.3 Å². The Morgan fingerprint density at radius 3 is 3.08 bits per heavy atom. The van der Waals surface area contributed by atoms with Crippen LogP contribution in [0.25, 0.3) is 0 Å². The summed E-state index contributed by atoms with van der Waals surface area (Å²) in [6, 6.07) is 0. The van der Waals surface area contributed by atoms with E-state index in [0.717, 1.165) is 0 Å². The number of aliphatic hydroxyl groups excluding tert-OH is 1. The monoisotopic (exact) mass is 172 g/mol. The molecule has 0 radical (unpaired) electrons. The molecule has 0 amide bonds. The second-order valence-corrected chi connectivity index (χ2v) is 3.00. The number of hydrogen-bond donors (Lipinski definition) is 1. The van der Waals surface area contributed by atoms with Crippen LogP contribution >= 0.6 is 0 Å². The van der Waals surface area contributed by atoms with Gasteiger partial charge in [0.15, 0.2) is 6.29 Å². The second kappa shape index (κ2) is 3.05. The Bertz CT molecular complexity index is 191. The lowest BCUT2D eigenvalue weighted by Gasteiger charge is -2.16. The van der Waals surface area contributed by atoms with Crippen LogP contribution in [0.4, 0.5) is 0 Å². The zero-order chi connectivity index (χ0) is 8.55. The molecule has 0 aromatic carbocycles. The highest BCUT2D eigenvalue weighted by atomic mass is 16.7. The molecule has 4 heteroatoms. The summed E-state index contributed by atoms with van der Waals surface area (Å²) in [6.07, 6.45) is 2.03. The maximum absolute atomic E-state index is 9.51. The molecule has 2 aliphatic rings. The first-order chi connectivity index (χ1) is 5.77. The summed E-state index contributed by atoms with van der Waals surface area (Å²) in [6.45, 7) is 2.09. The minimum Gasteiger partial charge on any atom is -0.499 e. The van der Waals surface area contributed by atoms with E-state index in [1.165, 1.54) is 0 Å². The number of rotatable bonds is 0. The predicted octanol–water partition coefficient (Wildman–Crippen LogP) is 0.0212. The van der Waals surface area contributed by atoms with Gasteiger partial charge in [-0.3, -0.25) is 0 Å². The lowest BCUT2D eigenvalue weighted by Crippen LogP contribution is -2.35. The largest absolute Gasteiger partial charge is 0.499 e. The van der Waals surface area contributed by atoms with Gasteiger partial charge in [0.1, 0.15) is 24.9 Å². The second-order valence-electron chi connectivity index (χ2n) is 3.00. The smallest absolute Gasteiger partial charge is 0.156 e. The van der Waals surface area contributed by atoms with E-state index in [9.17, 15) is 5.11 Å². The Hall–Kier alpha value is -0.580. The molecule has 0 saturated carbocycles. The first kappa shape index (κ1) is 8.04. The van der Waals surface area contributed by atoms with Gasteiger partial charge in [-0.1, -0.05) is 0 Å². The molecule has 0 spiro atoms. The third-order valence-corrected chi connectivity index (χ3v) is 2.03. The van der Waals surface area contributed by atoms with Crippen molar-refractivity contribution >= 4 is 0 Å². The van der Waals surface area contributed by atoms with Crippen LogP contribution in [0.15, 0.2) is 12.3 Å². The van der Waals surface area contributed by atoms with Crippen LogP contribution < -0.4 is 0 Å². The molecule has 1 fully saturated rings. The molecule has 2 rings (SSSR count). The minimum absolute atomic E-state index is 0.169. The van der Waals surface area contributed by atoms with E-state index in [4.69, 9.17) is 14.2 Å². The highest BCUT2D eigenvalue weighted by Gasteiger charge is 2.38. The number of ether oxygens (including phenoxy) is 3. The van der Waals surface area contributed by atoms with Crippen molar-refractivity contribution in [1.82, 2.24) is 0 Å². The van der Waals surface area contributed by atoms with Crippen LogP contribution in [0.1, 0.15) is 6.92 Å². The van der Waals surface area contributed by atoms with Crippen LogP contribution in [0, 0.1) is 0 Å². The van der Waals surface area contributed by atoms with Gasteiger partial charge in [-0.15, -0.1) is 0 Å². The molecule has 4 unspecified atom stereocenters. The average Bonchev–Trinajstić information content (AvgIpc) is 2.33. The maximum Gasteiger partial charge on any atom is 0.156 e. The molecule has 0 aromatic rings. The fourth-order valence-corrected chi connectivity index (χ4v) is 1.48. The lowest BCUT2D eigenvalue weighted by atomic mass is 10.1.